The van der Waals surface area contributed by atoms with E-state index in [1.54, 1.807) is 0 Å². The molecule has 2 unspecified atom stereocenters. The van der Waals surface area contributed by atoms with Crippen molar-refractivity contribution >= 4 is 11.9 Å². The predicted molar refractivity (Wildman–Crippen MR) is 107 cm³/mol. The molecular formula is C22H42O4. The number of hydrogen-bond donors (Lipinski definition) is 1. The normalized spacial score (nSPS) is 16.5. The lowest BCUT2D eigenvalue weighted by atomic mass is 9.61. The lowest BCUT2D eigenvalue weighted by Crippen LogP contribution is -2.48. The average Bonchev–Trinajstić information content (AvgIpc) is 2.37. The van der Waals surface area contributed by atoms with Gasteiger partial charge in [0.2, 0.25) is 0 Å². The highest BCUT2D eigenvalue weighted by atomic mass is 16.5. The summed E-state index contributed by atoms with van der Waals surface area (Å²) in [4.78, 5) is 25.6. The number of aliphatic carboxylic acids is 1. The Morgan fingerprint density at radius 3 is 1.69 bits per heavy atom. The van der Waals surface area contributed by atoms with Crippen LogP contribution in [0.15, 0.2) is 0 Å². The fraction of sp³-hybridized carbons (Fsp3) is 0.909. The van der Waals surface area contributed by atoms with Crippen LogP contribution in [0.2, 0.25) is 0 Å². The van der Waals surface area contributed by atoms with Crippen molar-refractivity contribution in [2.75, 3.05) is 6.61 Å². The van der Waals surface area contributed by atoms with Crippen LogP contribution in [0, 0.1) is 34.0 Å². The van der Waals surface area contributed by atoms with Crippen LogP contribution >= 0.6 is 0 Å². The fourth-order valence-corrected chi connectivity index (χ4v) is 3.77. The van der Waals surface area contributed by atoms with Crippen molar-refractivity contribution in [1.29, 1.82) is 0 Å². The van der Waals surface area contributed by atoms with E-state index in [1.165, 1.54) is 0 Å². The second-order valence-corrected chi connectivity index (χ2v) is 11.1. The van der Waals surface area contributed by atoms with E-state index in [4.69, 9.17) is 4.74 Å². The number of carbonyl (C=O) groups is 2. The maximum atomic E-state index is 13.4. The van der Waals surface area contributed by atoms with Crippen molar-refractivity contribution in [2.24, 2.45) is 34.0 Å². The van der Waals surface area contributed by atoms with Gasteiger partial charge >= 0.3 is 11.9 Å². The van der Waals surface area contributed by atoms with Crippen LogP contribution in [-0.2, 0) is 14.3 Å². The molecule has 0 rings (SSSR count). The lowest BCUT2D eigenvalue weighted by molar-refractivity contribution is -0.175. The molecule has 0 aliphatic carbocycles. The van der Waals surface area contributed by atoms with E-state index < -0.39 is 17.3 Å². The van der Waals surface area contributed by atoms with Gasteiger partial charge in [-0.3, -0.25) is 9.59 Å². The van der Waals surface area contributed by atoms with Crippen LogP contribution in [0.3, 0.4) is 0 Å². The first-order valence-corrected chi connectivity index (χ1v) is 9.90. The van der Waals surface area contributed by atoms with Crippen LogP contribution in [0.25, 0.3) is 0 Å². The third-order valence-corrected chi connectivity index (χ3v) is 4.33. The highest BCUT2D eigenvalue weighted by Gasteiger charge is 2.52. The highest BCUT2D eigenvalue weighted by Crippen LogP contribution is 2.48. The zero-order chi connectivity index (χ0) is 20.9. The molecule has 0 heterocycles. The van der Waals surface area contributed by atoms with Gasteiger partial charge in [-0.15, -0.1) is 0 Å². The molecule has 0 spiro atoms. The predicted octanol–water partition coefficient (Wildman–Crippen LogP) is 5.79. The third kappa shape index (κ3) is 8.55. The van der Waals surface area contributed by atoms with Crippen molar-refractivity contribution in [3.05, 3.63) is 0 Å². The first-order chi connectivity index (χ1) is 11.5. The molecule has 0 saturated heterocycles. The smallest absolute Gasteiger partial charge is 0.313 e. The Morgan fingerprint density at radius 2 is 1.38 bits per heavy atom. The van der Waals surface area contributed by atoms with Gasteiger partial charge in [0, 0.05) is 0 Å². The van der Waals surface area contributed by atoms with Gasteiger partial charge in [0.15, 0.2) is 0 Å². The van der Waals surface area contributed by atoms with E-state index in [2.05, 4.69) is 20.8 Å². The highest BCUT2D eigenvalue weighted by molar-refractivity contribution is 5.85. The van der Waals surface area contributed by atoms with Gasteiger partial charge in [0.25, 0.3) is 0 Å². The summed E-state index contributed by atoms with van der Waals surface area (Å²) in [7, 11) is 0. The SMILES string of the molecule is CC(C)CC(C(=O)O)C(CC(C)C)(CC(C)(C)C)C(=O)OCC(C)(C)C. The van der Waals surface area contributed by atoms with Crippen molar-refractivity contribution in [1.82, 2.24) is 0 Å². The molecule has 0 aliphatic heterocycles. The maximum Gasteiger partial charge on any atom is 0.313 e. The third-order valence-electron chi connectivity index (χ3n) is 4.33. The minimum atomic E-state index is -1.01. The average molecular weight is 371 g/mol. The molecule has 0 aromatic heterocycles. The molecule has 154 valence electrons. The number of carboxylic acid groups (broad SMARTS) is 1. The van der Waals surface area contributed by atoms with Crippen molar-refractivity contribution in [3.8, 4) is 0 Å². The summed E-state index contributed by atoms with van der Waals surface area (Å²) < 4.78 is 5.73. The van der Waals surface area contributed by atoms with Gasteiger partial charge in [0.1, 0.15) is 0 Å². The lowest BCUT2D eigenvalue weighted by Gasteiger charge is -2.42. The maximum absolute atomic E-state index is 13.4. The van der Waals surface area contributed by atoms with E-state index >= 15 is 0 Å². The molecule has 4 nitrogen and oxygen atoms in total. The fourth-order valence-electron chi connectivity index (χ4n) is 3.77. The summed E-state index contributed by atoms with van der Waals surface area (Å²) in [5, 5.41) is 10.0. The first kappa shape index (κ1) is 24.9. The first-order valence-electron chi connectivity index (χ1n) is 9.90. The number of carboxylic acids is 1. The molecule has 0 saturated carbocycles. The number of ether oxygens (including phenoxy) is 1. The van der Waals surface area contributed by atoms with Gasteiger partial charge in [-0.2, -0.15) is 0 Å². The molecule has 0 aromatic rings. The van der Waals surface area contributed by atoms with E-state index in [0.29, 0.717) is 25.9 Å². The molecular weight excluding hydrogens is 328 g/mol. The zero-order valence-electron chi connectivity index (χ0n) is 18.7. The van der Waals surface area contributed by atoms with Crippen LogP contribution in [0.5, 0.6) is 0 Å². The Morgan fingerprint density at radius 1 is 0.885 bits per heavy atom. The molecule has 0 bridgehead atoms. The number of carbonyl (C=O) groups excluding carboxylic acids is 1. The molecule has 0 fully saturated rings. The van der Waals surface area contributed by atoms with Crippen molar-refractivity contribution in [2.45, 2.75) is 88.5 Å². The van der Waals surface area contributed by atoms with Gasteiger partial charge in [-0.25, -0.2) is 0 Å². The molecule has 26 heavy (non-hydrogen) atoms. The summed E-state index contributed by atoms with van der Waals surface area (Å²) >= 11 is 0. The second-order valence-electron chi connectivity index (χ2n) is 11.1. The van der Waals surface area contributed by atoms with Gasteiger partial charge in [-0.1, -0.05) is 69.2 Å². The van der Waals surface area contributed by atoms with Gasteiger partial charge < -0.3 is 9.84 Å². The summed E-state index contributed by atoms with van der Waals surface area (Å²) in [6.45, 7) is 20.6. The Bertz CT molecular complexity index is 466. The van der Waals surface area contributed by atoms with E-state index in [1.807, 2.05) is 48.5 Å². The Labute approximate surface area is 161 Å². The van der Waals surface area contributed by atoms with E-state index in [0.717, 1.165) is 0 Å². The van der Waals surface area contributed by atoms with Crippen molar-refractivity contribution in [3.63, 3.8) is 0 Å². The molecule has 0 amide bonds. The van der Waals surface area contributed by atoms with E-state index in [-0.39, 0.29) is 28.6 Å². The van der Waals surface area contributed by atoms with Crippen molar-refractivity contribution < 1.29 is 19.4 Å². The number of esters is 1. The minimum absolute atomic E-state index is 0.155. The Balaban J connectivity index is 6.18. The largest absolute Gasteiger partial charge is 0.481 e. The monoisotopic (exact) mass is 370 g/mol. The van der Waals surface area contributed by atoms with Gasteiger partial charge in [-0.05, 0) is 41.9 Å². The Kier molecular flexibility index (Phi) is 8.86. The molecule has 4 heteroatoms. The molecule has 0 aliphatic rings. The number of rotatable bonds is 9. The summed E-state index contributed by atoms with van der Waals surface area (Å²) in [6, 6.07) is 0. The topological polar surface area (TPSA) is 63.6 Å². The van der Waals surface area contributed by atoms with Gasteiger partial charge in [0.05, 0.1) is 17.9 Å². The summed E-state index contributed by atoms with van der Waals surface area (Å²) in [5.74, 6) is -1.58. The van der Waals surface area contributed by atoms with Crippen LogP contribution in [0.4, 0.5) is 0 Å². The standard InChI is InChI=1S/C22H42O4/c1-15(2)11-17(18(23)24)22(12-16(3)4,13-20(5,6)7)19(25)26-14-21(8,9)10/h15-17H,11-14H2,1-10H3,(H,23,24). The number of hydrogen-bond acceptors (Lipinski definition) is 3. The summed E-state index contributed by atoms with van der Waals surface area (Å²) in [5.41, 5.74) is -1.34. The second kappa shape index (κ2) is 9.23. The molecule has 0 aromatic carbocycles. The summed E-state index contributed by atoms with van der Waals surface area (Å²) in [6.07, 6.45) is 1.50. The quantitative estimate of drug-likeness (QED) is 0.522. The van der Waals surface area contributed by atoms with E-state index in [9.17, 15) is 14.7 Å². The van der Waals surface area contributed by atoms with Crippen LogP contribution in [0.1, 0.15) is 88.5 Å². The molecule has 0 radical (unpaired) electrons. The minimum Gasteiger partial charge on any atom is -0.481 e. The van der Waals surface area contributed by atoms with Crippen LogP contribution in [-0.4, -0.2) is 23.7 Å². The Hall–Kier alpha value is -1.06. The zero-order valence-corrected chi connectivity index (χ0v) is 18.7. The van der Waals surface area contributed by atoms with Crippen LogP contribution < -0.4 is 0 Å². The molecule has 1 N–H and O–H groups in total. The molecule has 2 atom stereocenters.